The van der Waals surface area contributed by atoms with Gasteiger partial charge in [0.2, 0.25) is 5.91 Å². The molecule has 1 saturated heterocycles. The molecule has 114 valence electrons. The molecule has 0 radical (unpaired) electrons. The SMILES string of the molecule is CC(C)NC(=O)CCC1NC(=O)N(Cc2ccco2)C1=O. The molecule has 0 saturated carbocycles. The van der Waals surface area contributed by atoms with Crippen LogP contribution in [0.15, 0.2) is 22.8 Å². The number of imide groups is 1. The van der Waals surface area contributed by atoms with Gasteiger partial charge in [0.1, 0.15) is 11.8 Å². The minimum Gasteiger partial charge on any atom is -0.467 e. The highest BCUT2D eigenvalue weighted by molar-refractivity contribution is 6.04. The number of nitrogens with one attached hydrogen (secondary N) is 2. The Bertz CT molecular complexity index is 524. The average Bonchev–Trinajstić information content (AvgIpc) is 2.99. The third-order valence-corrected chi connectivity index (χ3v) is 3.11. The van der Waals surface area contributed by atoms with Gasteiger partial charge in [0, 0.05) is 12.5 Å². The van der Waals surface area contributed by atoms with Crippen molar-refractivity contribution in [2.24, 2.45) is 0 Å². The van der Waals surface area contributed by atoms with E-state index in [0.717, 1.165) is 4.90 Å². The molecule has 7 nitrogen and oxygen atoms in total. The number of rotatable bonds is 6. The molecule has 2 heterocycles. The second-order valence-electron chi connectivity index (χ2n) is 5.27. The predicted molar refractivity (Wildman–Crippen MR) is 74.1 cm³/mol. The van der Waals surface area contributed by atoms with E-state index >= 15 is 0 Å². The van der Waals surface area contributed by atoms with Gasteiger partial charge in [-0.2, -0.15) is 0 Å². The largest absolute Gasteiger partial charge is 0.467 e. The van der Waals surface area contributed by atoms with Crippen LogP contribution in [0.1, 0.15) is 32.4 Å². The third kappa shape index (κ3) is 3.84. The van der Waals surface area contributed by atoms with Crippen LogP contribution in [-0.4, -0.2) is 34.8 Å². The molecule has 1 atom stereocenters. The summed E-state index contributed by atoms with van der Waals surface area (Å²) >= 11 is 0. The molecule has 1 aromatic heterocycles. The van der Waals surface area contributed by atoms with E-state index in [4.69, 9.17) is 4.42 Å². The van der Waals surface area contributed by atoms with Gasteiger partial charge in [0.15, 0.2) is 0 Å². The standard InChI is InChI=1S/C14H19N3O4/c1-9(2)15-12(18)6-5-11-13(19)17(14(20)16-11)8-10-4-3-7-21-10/h3-4,7,9,11H,5-6,8H2,1-2H3,(H,15,18)(H,16,20). The van der Waals surface area contributed by atoms with Gasteiger partial charge in [-0.15, -0.1) is 0 Å². The topological polar surface area (TPSA) is 91.7 Å². The Morgan fingerprint density at radius 1 is 1.48 bits per heavy atom. The number of hydrogen-bond donors (Lipinski definition) is 2. The van der Waals surface area contributed by atoms with Gasteiger partial charge in [0.25, 0.3) is 5.91 Å². The summed E-state index contributed by atoms with van der Waals surface area (Å²) < 4.78 is 5.13. The molecule has 1 fully saturated rings. The highest BCUT2D eigenvalue weighted by atomic mass is 16.3. The lowest BCUT2D eigenvalue weighted by Crippen LogP contribution is -2.34. The highest BCUT2D eigenvalue weighted by Crippen LogP contribution is 2.15. The smallest absolute Gasteiger partial charge is 0.325 e. The molecule has 0 spiro atoms. The lowest BCUT2D eigenvalue weighted by Gasteiger charge is -2.12. The van der Waals surface area contributed by atoms with Gasteiger partial charge in [-0.25, -0.2) is 4.79 Å². The quantitative estimate of drug-likeness (QED) is 0.766. The maximum Gasteiger partial charge on any atom is 0.325 e. The van der Waals surface area contributed by atoms with Gasteiger partial charge < -0.3 is 15.1 Å². The van der Waals surface area contributed by atoms with Gasteiger partial charge >= 0.3 is 6.03 Å². The maximum absolute atomic E-state index is 12.1. The van der Waals surface area contributed by atoms with Crippen molar-refractivity contribution >= 4 is 17.8 Å². The van der Waals surface area contributed by atoms with Crippen LogP contribution >= 0.6 is 0 Å². The van der Waals surface area contributed by atoms with Crippen molar-refractivity contribution in [3.05, 3.63) is 24.2 Å². The summed E-state index contributed by atoms with van der Waals surface area (Å²) in [7, 11) is 0. The van der Waals surface area contributed by atoms with Crippen LogP contribution < -0.4 is 10.6 Å². The van der Waals surface area contributed by atoms with Crippen molar-refractivity contribution in [1.29, 1.82) is 0 Å². The molecule has 0 aromatic carbocycles. The van der Waals surface area contributed by atoms with Gasteiger partial charge in [-0.1, -0.05) is 0 Å². The summed E-state index contributed by atoms with van der Waals surface area (Å²) in [6.07, 6.45) is 1.97. The number of urea groups is 1. The van der Waals surface area contributed by atoms with Crippen LogP contribution in [0.25, 0.3) is 0 Å². The van der Waals surface area contributed by atoms with Gasteiger partial charge in [-0.05, 0) is 32.4 Å². The molecule has 0 aliphatic carbocycles. The molecule has 1 unspecified atom stereocenters. The first-order valence-electron chi connectivity index (χ1n) is 6.91. The van der Waals surface area contributed by atoms with E-state index in [1.54, 1.807) is 12.1 Å². The van der Waals surface area contributed by atoms with E-state index < -0.39 is 12.1 Å². The second-order valence-corrected chi connectivity index (χ2v) is 5.27. The Balaban J connectivity index is 1.87. The fraction of sp³-hybridized carbons (Fsp3) is 0.500. The molecule has 1 aliphatic rings. The van der Waals surface area contributed by atoms with Crippen LogP contribution in [0.2, 0.25) is 0 Å². The molecule has 7 heteroatoms. The molecule has 4 amide bonds. The predicted octanol–water partition coefficient (Wildman–Crippen LogP) is 1.00. The molecule has 2 rings (SSSR count). The summed E-state index contributed by atoms with van der Waals surface area (Å²) in [5, 5.41) is 5.34. The van der Waals surface area contributed by atoms with Crippen molar-refractivity contribution in [2.75, 3.05) is 0 Å². The van der Waals surface area contributed by atoms with Crippen LogP contribution in [-0.2, 0) is 16.1 Å². The minimum atomic E-state index is -0.648. The number of nitrogens with zero attached hydrogens (tertiary/aromatic N) is 1. The van der Waals surface area contributed by atoms with Crippen LogP contribution in [0.3, 0.4) is 0 Å². The Morgan fingerprint density at radius 2 is 2.24 bits per heavy atom. The van der Waals surface area contributed by atoms with Crippen LogP contribution in [0.5, 0.6) is 0 Å². The summed E-state index contributed by atoms with van der Waals surface area (Å²) in [5.41, 5.74) is 0. The molecule has 21 heavy (non-hydrogen) atoms. The van der Waals surface area contributed by atoms with Crippen LogP contribution in [0, 0.1) is 0 Å². The normalized spacial score (nSPS) is 18.2. The lowest BCUT2D eigenvalue weighted by molar-refractivity contribution is -0.128. The van der Waals surface area contributed by atoms with Crippen LogP contribution in [0.4, 0.5) is 4.79 Å². The van der Waals surface area contributed by atoms with E-state index in [-0.39, 0.29) is 37.2 Å². The molecule has 1 aliphatic heterocycles. The first-order chi connectivity index (χ1) is 9.97. The fourth-order valence-corrected chi connectivity index (χ4v) is 2.15. The zero-order valence-electron chi connectivity index (χ0n) is 12.1. The Hall–Kier alpha value is -2.31. The molecular formula is C14H19N3O4. The Kier molecular flexibility index (Phi) is 4.62. The van der Waals surface area contributed by atoms with Crippen molar-refractivity contribution in [1.82, 2.24) is 15.5 Å². The minimum absolute atomic E-state index is 0.0572. The number of furan rings is 1. The first kappa shape index (κ1) is 15.1. The van der Waals surface area contributed by atoms with Crippen molar-refractivity contribution in [3.8, 4) is 0 Å². The third-order valence-electron chi connectivity index (χ3n) is 3.11. The van der Waals surface area contributed by atoms with E-state index in [1.807, 2.05) is 13.8 Å². The molecule has 1 aromatic rings. The summed E-state index contributed by atoms with van der Waals surface area (Å²) in [6.45, 7) is 3.84. The number of amides is 4. The van der Waals surface area contributed by atoms with Gasteiger partial charge in [-0.3, -0.25) is 14.5 Å². The van der Waals surface area contributed by atoms with E-state index in [9.17, 15) is 14.4 Å². The zero-order chi connectivity index (χ0) is 15.4. The molecule has 0 bridgehead atoms. The number of hydrogen-bond acceptors (Lipinski definition) is 4. The van der Waals surface area contributed by atoms with E-state index in [2.05, 4.69) is 10.6 Å². The highest BCUT2D eigenvalue weighted by Gasteiger charge is 2.38. The summed E-state index contributed by atoms with van der Waals surface area (Å²) in [5.74, 6) is 0.0852. The van der Waals surface area contributed by atoms with Gasteiger partial charge in [0.05, 0.1) is 12.8 Å². The zero-order valence-corrected chi connectivity index (χ0v) is 12.1. The lowest BCUT2D eigenvalue weighted by atomic mass is 10.1. The van der Waals surface area contributed by atoms with Crippen molar-refractivity contribution in [2.45, 2.75) is 45.3 Å². The summed E-state index contributed by atoms with van der Waals surface area (Å²) in [6, 6.07) is 2.35. The second kappa shape index (κ2) is 6.43. The van der Waals surface area contributed by atoms with E-state index in [0.29, 0.717) is 5.76 Å². The number of carbonyl (C=O) groups excluding carboxylic acids is 3. The Morgan fingerprint density at radius 3 is 2.86 bits per heavy atom. The average molecular weight is 293 g/mol. The molecule has 2 N–H and O–H groups in total. The fourth-order valence-electron chi connectivity index (χ4n) is 2.15. The monoisotopic (exact) mass is 293 g/mol. The first-order valence-corrected chi connectivity index (χ1v) is 6.91. The maximum atomic E-state index is 12.1. The molecular weight excluding hydrogens is 274 g/mol. The number of carbonyl (C=O) groups is 3. The van der Waals surface area contributed by atoms with E-state index in [1.165, 1.54) is 6.26 Å². The van der Waals surface area contributed by atoms with Crippen molar-refractivity contribution in [3.63, 3.8) is 0 Å². The Labute approximate surface area is 122 Å². The van der Waals surface area contributed by atoms with Crippen molar-refractivity contribution < 1.29 is 18.8 Å². The summed E-state index contributed by atoms with van der Waals surface area (Å²) in [4.78, 5) is 36.6.